The Morgan fingerprint density at radius 3 is 2.40 bits per heavy atom. The fourth-order valence-corrected chi connectivity index (χ4v) is 1.34. The predicted molar refractivity (Wildman–Crippen MR) is 51.5 cm³/mol. The molecule has 0 aromatic heterocycles. The molecule has 0 aliphatic heterocycles. The average Bonchev–Trinajstić information content (AvgIpc) is 2.17. The molecule has 0 heterocycles. The van der Waals surface area contributed by atoms with Crippen LogP contribution >= 0.6 is 7.37 Å². The van der Waals surface area contributed by atoms with Gasteiger partial charge in [0.25, 0.3) is 7.37 Å². The molecule has 0 saturated carbocycles. The van der Waals surface area contributed by atoms with Crippen molar-refractivity contribution < 1.29 is 33.8 Å². The van der Waals surface area contributed by atoms with E-state index in [0.29, 0.717) is 0 Å². The number of aliphatic hydroxyl groups excluding tert-OH is 2. The van der Waals surface area contributed by atoms with Gasteiger partial charge in [0, 0.05) is 6.66 Å². The lowest BCUT2D eigenvalue weighted by Crippen LogP contribution is -2.07. The van der Waals surface area contributed by atoms with Gasteiger partial charge in [-0.25, -0.2) is 4.89 Å². The maximum Gasteiger partial charge on any atom is 0.256 e. The standard InChI is InChI=1S/C7H17O7P/c1-15(10,14-13-5-3-9)7-12-6-11-4-2-8/h8-9H,2-7H2,1H3. The first-order chi connectivity index (χ1) is 7.12. The van der Waals surface area contributed by atoms with Crippen LogP contribution in [0.1, 0.15) is 0 Å². The second-order valence-corrected chi connectivity index (χ2v) is 5.15. The highest BCUT2D eigenvalue weighted by atomic mass is 31.2. The van der Waals surface area contributed by atoms with E-state index < -0.39 is 7.37 Å². The van der Waals surface area contributed by atoms with Crippen LogP contribution in [0.25, 0.3) is 0 Å². The highest BCUT2D eigenvalue weighted by Gasteiger charge is 2.17. The number of ether oxygens (including phenoxy) is 2. The largest absolute Gasteiger partial charge is 0.394 e. The van der Waals surface area contributed by atoms with Crippen molar-refractivity contribution in [1.82, 2.24) is 0 Å². The molecule has 2 N–H and O–H groups in total. The Labute approximate surface area is 88.3 Å². The fourth-order valence-electron chi connectivity index (χ4n) is 0.593. The third kappa shape index (κ3) is 10.3. The van der Waals surface area contributed by atoms with Crippen LogP contribution in [-0.4, -0.2) is 56.4 Å². The Kier molecular flexibility index (Phi) is 9.23. The van der Waals surface area contributed by atoms with Crippen molar-refractivity contribution in [1.29, 1.82) is 0 Å². The van der Waals surface area contributed by atoms with Crippen molar-refractivity contribution in [3.05, 3.63) is 0 Å². The molecule has 0 amide bonds. The van der Waals surface area contributed by atoms with Gasteiger partial charge < -0.3 is 19.7 Å². The van der Waals surface area contributed by atoms with E-state index in [1.165, 1.54) is 6.66 Å². The zero-order chi connectivity index (χ0) is 11.6. The molecule has 0 aromatic carbocycles. The first-order valence-corrected chi connectivity index (χ1v) is 6.63. The van der Waals surface area contributed by atoms with Gasteiger partial charge in [-0.05, 0) is 0 Å². The predicted octanol–water partition coefficient (Wildman–Crippen LogP) is -0.225. The van der Waals surface area contributed by atoms with Crippen molar-refractivity contribution in [2.24, 2.45) is 0 Å². The lowest BCUT2D eigenvalue weighted by atomic mass is 10.8. The van der Waals surface area contributed by atoms with Gasteiger partial charge in [-0.15, -0.1) is 0 Å². The number of rotatable bonds is 10. The molecule has 1 atom stereocenters. The second-order valence-electron chi connectivity index (χ2n) is 2.72. The van der Waals surface area contributed by atoms with Gasteiger partial charge in [-0.1, -0.05) is 0 Å². The Balaban J connectivity index is 3.43. The monoisotopic (exact) mass is 244 g/mol. The van der Waals surface area contributed by atoms with E-state index in [-0.39, 0.29) is 39.6 Å². The molecule has 0 aromatic rings. The summed E-state index contributed by atoms with van der Waals surface area (Å²) in [7, 11) is -2.97. The number of aliphatic hydroxyl groups is 2. The zero-order valence-electron chi connectivity index (χ0n) is 8.63. The molecule has 0 rings (SSSR count). The van der Waals surface area contributed by atoms with E-state index in [1.54, 1.807) is 0 Å². The van der Waals surface area contributed by atoms with Crippen LogP contribution in [0.2, 0.25) is 0 Å². The molecule has 0 aliphatic carbocycles. The van der Waals surface area contributed by atoms with Crippen LogP contribution in [-0.2, 0) is 23.6 Å². The summed E-state index contributed by atoms with van der Waals surface area (Å²) in [6.07, 6.45) is -0.149. The van der Waals surface area contributed by atoms with Crippen LogP contribution in [0.15, 0.2) is 0 Å². The summed E-state index contributed by atoms with van der Waals surface area (Å²) in [4.78, 5) is 4.45. The lowest BCUT2D eigenvalue weighted by Gasteiger charge is -2.12. The Morgan fingerprint density at radius 2 is 1.80 bits per heavy atom. The number of hydrogen-bond donors (Lipinski definition) is 2. The summed E-state index contributed by atoms with van der Waals surface area (Å²) < 4.78 is 25.6. The van der Waals surface area contributed by atoms with Crippen LogP contribution in [0.3, 0.4) is 0 Å². The van der Waals surface area contributed by atoms with E-state index >= 15 is 0 Å². The molecule has 0 fully saturated rings. The van der Waals surface area contributed by atoms with E-state index in [0.717, 1.165) is 0 Å². The first kappa shape index (κ1) is 15.0. The van der Waals surface area contributed by atoms with Crippen LogP contribution in [0.5, 0.6) is 0 Å². The molecule has 1 unspecified atom stereocenters. The minimum Gasteiger partial charge on any atom is -0.394 e. The molecule has 0 saturated heterocycles. The van der Waals surface area contributed by atoms with Crippen molar-refractivity contribution >= 4 is 7.37 Å². The van der Waals surface area contributed by atoms with E-state index in [2.05, 4.69) is 9.56 Å². The molecule has 7 nitrogen and oxygen atoms in total. The third-order valence-corrected chi connectivity index (χ3v) is 2.19. The van der Waals surface area contributed by atoms with Gasteiger partial charge >= 0.3 is 0 Å². The summed E-state index contributed by atoms with van der Waals surface area (Å²) in [5.41, 5.74) is 0. The summed E-state index contributed by atoms with van der Waals surface area (Å²) >= 11 is 0. The van der Waals surface area contributed by atoms with Crippen LogP contribution in [0.4, 0.5) is 0 Å². The van der Waals surface area contributed by atoms with Crippen LogP contribution < -0.4 is 0 Å². The summed E-state index contributed by atoms with van der Waals surface area (Å²) in [5.74, 6) is 0. The first-order valence-electron chi connectivity index (χ1n) is 4.37. The van der Waals surface area contributed by atoms with Gasteiger partial charge in [0.05, 0.1) is 19.8 Å². The van der Waals surface area contributed by atoms with Crippen molar-refractivity contribution in [3.63, 3.8) is 0 Å². The SMILES string of the molecule is CP(=O)(COCOCCO)OOCCO. The summed E-state index contributed by atoms with van der Waals surface area (Å²) in [5, 5.41) is 16.7. The molecular weight excluding hydrogens is 227 g/mol. The zero-order valence-corrected chi connectivity index (χ0v) is 9.52. The normalized spacial score (nSPS) is 15.1. The quantitative estimate of drug-likeness (QED) is 0.180. The smallest absolute Gasteiger partial charge is 0.256 e. The molecule has 0 spiro atoms. The minimum atomic E-state index is -2.97. The van der Waals surface area contributed by atoms with Gasteiger partial charge in [-0.2, -0.15) is 4.67 Å². The molecule has 0 bridgehead atoms. The van der Waals surface area contributed by atoms with Gasteiger partial charge in [-0.3, -0.25) is 4.57 Å². The topological polar surface area (TPSA) is 94.5 Å². The van der Waals surface area contributed by atoms with E-state index in [9.17, 15) is 4.57 Å². The van der Waals surface area contributed by atoms with E-state index in [4.69, 9.17) is 19.7 Å². The average molecular weight is 244 g/mol. The fraction of sp³-hybridized carbons (Fsp3) is 1.00. The second kappa shape index (κ2) is 9.23. The highest BCUT2D eigenvalue weighted by molar-refractivity contribution is 7.57. The van der Waals surface area contributed by atoms with Crippen molar-refractivity contribution in [3.8, 4) is 0 Å². The maximum atomic E-state index is 11.5. The molecule has 8 heteroatoms. The Bertz CT molecular complexity index is 186. The van der Waals surface area contributed by atoms with E-state index in [1.807, 2.05) is 0 Å². The molecule has 15 heavy (non-hydrogen) atoms. The van der Waals surface area contributed by atoms with Gasteiger partial charge in [0.15, 0.2) is 0 Å². The summed E-state index contributed by atoms with van der Waals surface area (Å²) in [6, 6.07) is 0. The highest BCUT2D eigenvalue weighted by Crippen LogP contribution is 2.42. The van der Waals surface area contributed by atoms with Gasteiger partial charge in [0.2, 0.25) is 0 Å². The maximum absolute atomic E-state index is 11.5. The Hall–Kier alpha value is -0.0100. The molecular formula is C7H17O7P. The van der Waals surface area contributed by atoms with Gasteiger partial charge in [0.1, 0.15) is 19.7 Å². The van der Waals surface area contributed by atoms with Crippen molar-refractivity contribution in [2.45, 2.75) is 0 Å². The van der Waals surface area contributed by atoms with Crippen LogP contribution in [0, 0.1) is 0 Å². The molecule has 0 radical (unpaired) electrons. The van der Waals surface area contributed by atoms with Crippen molar-refractivity contribution in [2.75, 3.05) is 46.2 Å². The number of hydrogen-bond acceptors (Lipinski definition) is 7. The minimum absolute atomic E-state index is 0.0428. The summed E-state index contributed by atoms with van der Waals surface area (Å²) in [6.45, 7) is 1.09. The third-order valence-electron chi connectivity index (χ3n) is 1.11. The Morgan fingerprint density at radius 1 is 1.13 bits per heavy atom. The lowest BCUT2D eigenvalue weighted by molar-refractivity contribution is -0.212. The molecule has 92 valence electrons. The molecule has 0 aliphatic rings.